The van der Waals surface area contributed by atoms with Crippen molar-refractivity contribution in [1.29, 1.82) is 0 Å². The van der Waals surface area contributed by atoms with E-state index in [-0.39, 0.29) is 23.8 Å². The van der Waals surface area contributed by atoms with Crippen LogP contribution in [0.15, 0.2) is 24.3 Å². The fourth-order valence-corrected chi connectivity index (χ4v) is 3.96. The number of hydrogen-bond acceptors (Lipinski definition) is 2. The van der Waals surface area contributed by atoms with Gasteiger partial charge in [0.25, 0.3) is 0 Å². The van der Waals surface area contributed by atoms with Crippen molar-refractivity contribution in [1.82, 2.24) is 10.6 Å². The summed E-state index contributed by atoms with van der Waals surface area (Å²) in [4.78, 5) is 12.4. The Hall–Kier alpha value is -1.56. The van der Waals surface area contributed by atoms with Crippen molar-refractivity contribution >= 4 is 5.91 Å². The van der Waals surface area contributed by atoms with E-state index in [0.717, 1.165) is 32.0 Å². The number of carbonyl (C=O) groups excluding carboxylic acids is 1. The van der Waals surface area contributed by atoms with Crippen LogP contribution in [0.2, 0.25) is 0 Å². The van der Waals surface area contributed by atoms with Gasteiger partial charge in [-0.2, -0.15) is 13.2 Å². The van der Waals surface area contributed by atoms with Gasteiger partial charge in [0.05, 0.1) is 5.56 Å². The Morgan fingerprint density at radius 1 is 1.22 bits per heavy atom. The number of rotatable bonds is 4. The third-order valence-corrected chi connectivity index (χ3v) is 5.49. The molecular weight excluding hydrogens is 305 g/mol. The Morgan fingerprint density at radius 2 is 1.87 bits per heavy atom. The topological polar surface area (TPSA) is 41.1 Å². The average Bonchev–Trinajstić information content (AvgIpc) is 3.35. The first-order valence-electron chi connectivity index (χ1n) is 8.07. The number of piperidine rings is 1. The third-order valence-electron chi connectivity index (χ3n) is 5.49. The van der Waals surface area contributed by atoms with Crippen LogP contribution in [0.4, 0.5) is 13.2 Å². The van der Waals surface area contributed by atoms with E-state index in [0.29, 0.717) is 11.8 Å². The zero-order chi connectivity index (χ0) is 16.2. The Labute approximate surface area is 132 Å². The van der Waals surface area contributed by atoms with Crippen LogP contribution >= 0.6 is 0 Å². The molecule has 124 valence electrons. The fourth-order valence-electron chi connectivity index (χ4n) is 3.96. The molecule has 3 nitrogen and oxygen atoms in total. The molecule has 2 N–H and O–H groups in total. The van der Waals surface area contributed by atoms with Gasteiger partial charge in [-0.05, 0) is 55.8 Å². The van der Waals surface area contributed by atoms with Crippen LogP contribution in [0.25, 0.3) is 0 Å². The van der Waals surface area contributed by atoms with E-state index in [1.165, 1.54) is 12.1 Å². The van der Waals surface area contributed by atoms with Crippen molar-refractivity contribution in [2.45, 2.75) is 31.0 Å². The van der Waals surface area contributed by atoms with Crippen LogP contribution in [0.1, 0.15) is 24.0 Å². The summed E-state index contributed by atoms with van der Waals surface area (Å²) in [5, 5.41) is 6.30. The van der Waals surface area contributed by atoms with Crippen LogP contribution in [-0.4, -0.2) is 24.5 Å². The first-order chi connectivity index (χ1) is 10.9. The highest BCUT2D eigenvalue weighted by atomic mass is 19.4. The molecule has 0 spiro atoms. The second-order valence-electron chi connectivity index (χ2n) is 7.11. The number of amides is 1. The average molecular weight is 324 g/mol. The number of fused-ring (bicyclic) bond motifs is 1. The molecule has 6 heteroatoms. The molecule has 2 aliphatic carbocycles. The fraction of sp³-hybridized carbons (Fsp3) is 0.588. The third kappa shape index (κ3) is 2.73. The van der Waals surface area contributed by atoms with Gasteiger partial charge in [0.1, 0.15) is 0 Å². The van der Waals surface area contributed by atoms with Crippen molar-refractivity contribution in [2.24, 2.45) is 17.8 Å². The SMILES string of the molecule is O=C(NC1(Cc2ccccc2C(F)(F)F)CC1)[C@H]1[C@@H]2CNC[C@@H]21. The number of hydrogen-bond donors (Lipinski definition) is 2. The van der Waals surface area contributed by atoms with Crippen molar-refractivity contribution < 1.29 is 18.0 Å². The molecule has 4 rings (SSSR count). The highest BCUT2D eigenvalue weighted by molar-refractivity contribution is 5.83. The Morgan fingerprint density at radius 3 is 2.48 bits per heavy atom. The summed E-state index contributed by atoms with van der Waals surface area (Å²) in [6, 6.07) is 5.66. The summed E-state index contributed by atoms with van der Waals surface area (Å²) >= 11 is 0. The minimum atomic E-state index is -4.35. The lowest BCUT2D eigenvalue weighted by molar-refractivity contribution is -0.138. The molecule has 0 radical (unpaired) electrons. The zero-order valence-electron chi connectivity index (χ0n) is 12.6. The first kappa shape index (κ1) is 15.0. The van der Waals surface area contributed by atoms with Gasteiger partial charge in [0.2, 0.25) is 5.91 Å². The molecule has 1 heterocycles. The van der Waals surface area contributed by atoms with Gasteiger partial charge in [-0.1, -0.05) is 18.2 Å². The van der Waals surface area contributed by atoms with Crippen LogP contribution in [0.5, 0.6) is 0 Å². The van der Waals surface area contributed by atoms with Gasteiger partial charge in [0, 0.05) is 11.5 Å². The van der Waals surface area contributed by atoms with Crippen LogP contribution in [0.3, 0.4) is 0 Å². The molecule has 23 heavy (non-hydrogen) atoms. The summed E-state index contributed by atoms with van der Waals surface area (Å²) in [5.74, 6) is 0.941. The summed E-state index contributed by atoms with van der Waals surface area (Å²) in [6.07, 6.45) is -2.58. The highest BCUT2D eigenvalue weighted by Gasteiger charge is 2.58. The van der Waals surface area contributed by atoms with E-state index in [2.05, 4.69) is 10.6 Å². The van der Waals surface area contributed by atoms with E-state index in [4.69, 9.17) is 0 Å². The number of carbonyl (C=O) groups is 1. The lowest BCUT2D eigenvalue weighted by atomic mass is 9.98. The quantitative estimate of drug-likeness (QED) is 0.893. The van der Waals surface area contributed by atoms with Crippen molar-refractivity contribution in [3.63, 3.8) is 0 Å². The minimum absolute atomic E-state index is 0.0310. The molecule has 3 atom stereocenters. The summed E-state index contributed by atoms with van der Waals surface area (Å²) < 4.78 is 39.3. The predicted molar refractivity (Wildman–Crippen MR) is 78.6 cm³/mol. The molecule has 2 saturated carbocycles. The smallest absolute Gasteiger partial charge is 0.350 e. The largest absolute Gasteiger partial charge is 0.416 e. The number of alkyl halides is 3. The van der Waals surface area contributed by atoms with Gasteiger partial charge in [0.15, 0.2) is 0 Å². The lowest BCUT2D eigenvalue weighted by Crippen LogP contribution is -2.41. The van der Waals surface area contributed by atoms with E-state index in [9.17, 15) is 18.0 Å². The van der Waals surface area contributed by atoms with Crippen LogP contribution < -0.4 is 10.6 Å². The van der Waals surface area contributed by atoms with Crippen LogP contribution in [0, 0.1) is 17.8 Å². The maximum absolute atomic E-state index is 13.1. The zero-order valence-corrected chi connectivity index (χ0v) is 12.6. The Kier molecular flexibility index (Phi) is 3.24. The van der Waals surface area contributed by atoms with Gasteiger partial charge >= 0.3 is 6.18 Å². The van der Waals surface area contributed by atoms with E-state index >= 15 is 0 Å². The molecule has 1 amide bonds. The molecule has 3 fully saturated rings. The molecule has 3 aliphatic rings. The first-order valence-corrected chi connectivity index (χ1v) is 8.07. The van der Waals surface area contributed by atoms with Crippen molar-refractivity contribution in [3.8, 4) is 0 Å². The van der Waals surface area contributed by atoms with Gasteiger partial charge in [-0.3, -0.25) is 4.79 Å². The monoisotopic (exact) mass is 324 g/mol. The number of benzene rings is 1. The molecule has 1 aromatic rings. The molecule has 0 unspecified atom stereocenters. The van der Waals surface area contributed by atoms with Gasteiger partial charge in [-0.25, -0.2) is 0 Å². The minimum Gasteiger partial charge on any atom is -0.350 e. The van der Waals surface area contributed by atoms with Crippen molar-refractivity contribution in [3.05, 3.63) is 35.4 Å². The summed E-state index contributed by atoms with van der Waals surface area (Å²) in [5.41, 5.74) is -0.786. The molecule has 1 aliphatic heterocycles. The molecule has 1 saturated heterocycles. The maximum Gasteiger partial charge on any atom is 0.416 e. The second-order valence-corrected chi connectivity index (χ2v) is 7.11. The molecule has 1 aromatic carbocycles. The Balaban J connectivity index is 1.46. The normalized spacial score (nSPS) is 30.7. The lowest BCUT2D eigenvalue weighted by Gasteiger charge is -2.21. The van der Waals surface area contributed by atoms with Crippen molar-refractivity contribution in [2.75, 3.05) is 13.1 Å². The standard InChI is InChI=1S/C17H19F3N2O/c18-17(19,20)13-4-2-1-3-10(13)7-16(5-6-16)22-15(23)14-11-8-21-9-12(11)14/h1-4,11-12,14,21H,5-9H2,(H,22,23)/t11-,12+,14+. The molecular formula is C17H19F3N2O. The summed E-state index contributed by atoms with van der Waals surface area (Å²) in [6.45, 7) is 1.76. The molecule has 0 bridgehead atoms. The number of nitrogens with one attached hydrogen (secondary N) is 2. The second kappa shape index (κ2) is 4.97. The van der Waals surface area contributed by atoms with Crippen LogP contribution in [-0.2, 0) is 17.4 Å². The van der Waals surface area contributed by atoms with E-state index < -0.39 is 17.3 Å². The van der Waals surface area contributed by atoms with Gasteiger partial charge < -0.3 is 10.6 Å². The predicted octanol–water partition coefficient (Wildman–Crippen LogP) is 2.36. The highest BCUT2D eigenvalue weighted by Crippen LogP contribution is 2.50. The number of halogens is 3. The van der Waals surface area contributed by atoms with E-state index in [1.54, 1.807) is 6.07 Å². The Bertz CT molecular complexity index is 629. The summed E-state index contributed by atoms with van der Waals surface area (Å²) in [7, 11) is 0. The maximum atomic E-state index is 13.1. The van der Waals surface area contributed by atoms with E-state index in [1.807, 2.05) is 0 Å². The van der Waals surface area contributed by atoms with Gasteiger partial charge in [-0.15, -0.1) is 0 Å². The molecule has 0 aromatic heterocycles.